The molecule has 0 fully saturated rings. The Morgan fingerprint density at radius 1 is 1.31 bits per heavy atom. The first-order chi connectivity index (χ1) is 5.97. The van der Waals surface area contributed by atoms with Gasteiger partial charge in [0.2, 0.25) is 0 Å². The summed E-state index contributed by atoms with van der Waals surface area (Å²) in [5.74, 6) is 0. The van der Waals surface area contributed by atoms with Crippen molar-refractivity contribution in [2.24, 2.45) is 0 Å². The van der Waals surface area contributed by atoms with E-state index in [1.54, 1.807) is 0 Å². The van der Waals surface area contributed by atoms with Crippen LogP contribution in [0.5, 0.6) is 0 Å². The Bertz CT molecular complexity index is 332. The van der Waals surface area contributed by atoms with Gasteiger partial charge in [-0.2, -0.15) is 0 Å². The van der Waals surface area contributed by atoms with Gasteiger partial charge in [-0.3, -0.25) is 0 Å². The molecule has 0 heterocycles. The van der Waals surface area contributed by atoms with Crippen molar-refractivity contribution in [2.75, 3.05) is 0 Å². The molecule has 1 nitrogen and oxygen atoms in total. The van der Waals surface area contributed by atoms with E-state index in [-0.39, 0.29) is 0 Å². The van der Waals surface area contributed by atoms with Crippen LogP contribution in [0, 0.1) is 13.8 Å². The molecule has 1 aromatic carbocycles. The number of aryl methyl sites for hydroxylation is 2. The third-order valence-electron chi connectivity index (χ3n) is 1.89. The molecule has 0 amide bonds. The Balaban J connectivity index is 3.23. The van der Waals surface area contributed by atoms with E-state index in [4.69, 9.17) is 0 Å². The van der Waals surface area contributed by atoms with E-state index in [9.17, 15) is 4.79 Å². The van der Waals surface area contributed by atoms with Crippen molar-refractivity contribution in [2.45, 2.75) is 17.1 Å². The molecule has 3 heteroatoms. The molecule has 70 valence electrons. The largest absolute Gasteiger partial charge is 0.300 e. The SMILES string of the molecule is Cc1ccc(C(Br)(Br)C=O)c(C)c1. The molecule has 13 heavy (non-hydrogen) atoms. The van der Waals surface area contributed by atoms with E-state index in [2.05, 4.69) is 37.9 Å². The van der Waals surface area contributed by atoms with Crippen LogP contribution in [0.3, 0.4) is 0 Å². The van der Waals surface area contributed by atoms with Crippen molar-refractivity contribution in [1.82, 2.24) is 0 Å². The number of hydrogen-bond donors (Lipinski definition) is 0. The standard InChI is InChI=1S/C10H10Br2O/c1-7-3-4-9(8(2)5-7)10(11,12)6-13/h3-6H,1-2H3. The van der Waals surface area contributed by atoms with Crippen molar-refractivity contribution < 1.29 is 4.79 Å². The van der Waals surface area contributed by atoms with Crippen LogP contribution in [0.1, 0.15) is 16.7 Å². The summed E-state index contributed by atoms with van der Waals surface area (Å²) < 4.78 is -0.738. The number of carbonyl (C=O) groups excluding carboxylic acids is 1. The molecule has 0 spiro atoms. The molecule has 1 aromatic rings. The van der Waals surface area contributed by atoms with Gasteiger partial charge >= 0.3 is 0 Å². The first kappa shape index (κ1) is 10.9. The molecule has 1 rings (SSSR count). The van der Waals surface area contributed by atoms with Crippen LogP contribution in [-0.2, 0) is 8.03 Å². The minimum absolute atomic E-state index is 0.738. The van der Waals surface area contributed by atoms with E-state index in [0.717, 1.165) is 17.4 Å². The number of carbonyl (C=O) groups is 1. The first-order valence-electron chi connectivity index (χ1n) is 3.89. The molecule has 0 aromatic heterocycles. The third-order valence-corrected chi connectivity index (χ3v) is 3.12. The van der Waals surface area contributed by atoms with Crippen LogP contribution in [0.15, 0.2) is 18.2 Å². The van der Waals surface area contributed by atoms with Gasteiger partial charge < -0.3 is 4.79 Å². The maximum atomic E-state index is 10.8. The molecule has 0 N–H and O–H groups in total. The summed E-state index contributed by atoms with van der Waals surface area (Å²) in [5.41, 5.74) is 3.25. The van der Waals surface area contributed by atoms with Crippen LogP contribution in [0.25, 0.3) is 0 Å². The smallest absolute Gasteiger partial charge is 0.160 e. The Labute approximate surface area is 94.8 Å². The van der Waals surface area contributed by atoms with Gasteiger partial charge in [-0.15, -0.1) is 0 Å². The Kier molecular flexibility index (Phi) is 3.30. The molecule has 0 aliphatic carbocycles. The van der Waals surface area contributed by atoms with Gasteiger partial charge in [0.05, 0.1) is 0 Å². The summed E-state index contributed by atoms with van der Waals surface area (Å²) in [4.78, 5) is 10.8. The van der Waals surface area contributed by atoms with E-state index >= 15 is 0 Å². The number of rotatable bonds is 2. The maximum absolute atomic E-state index is 10.8. The molecule has 0 saturated heterocycles. The van der Waals surface area contributed by atoms with Crippen molar-refractivity contribution in [3.8, 4) is 0 Å². The number of aldehydes is 1. The number of halogens is 2. The highest BCUT2D eigenvalue weighted by Gasteiger charge is 2.25. The van der Waals surface area contributed by atoms with Gasteiger partial charge in [-0.25, -0.2) is 0 Å². The highest BCUT2D eigenvalue weighted by molar-refractivity contribution is 9.25. The molecular formula is C10H10Br2O. The summed E-state index contributed by atoms with van der Waals surface area (Å²) >= 11 is 6.63. The molecule has 0 radical (unpaired) electrons. The molecule has 0 bridgehead atoms. The van der Waals surface area contributed by atoms with Gasteiger partial charge in [0.25, 0.3) is 0 Å². The fourth-order valence-corrected chi connectivity index (χ4v) is 2.14. The molecule has 0 atom stereocenters. The lowest BCUT2D eigenvalue weighted by molar-refractivity contribution is -0.107. The topological polar surface area (TPSA) is 17.1 Å². The number of alkyl halides is 2. The van der Waals surface area contributed by atoms with Gasteiger partial charge in [-0.1, -0.05) is 55.6 Å². The van der Waals surface area contributed by atoms with Crippen molar-refractivity contribution in [3.05, 3.63) is 34.9 Å². The van der Waals surface area contributed by atoms with Crippen molar-refractivity contribution in [1.29, 1.82) is 0 Å². The minimum atomic E-state index is -0.738. The fraction of sp³-hybridized carbons (Fsp3) is 0.300. The monoisotopic (exact) mass is 304 g/mol. The summed E-state index contributed by atoms with van der Waals surface area (Å²) in [6.07, 6.45) is 0.838. The number of hydrogen-bond acceptors (Lipinski definition) is 1. The number of benzene rings is 1. The average molecular weight is 306 g/mol. The molecule has 0 aliphatic heterocycles. The Morgan fingerprint density at radius 2 is 1.92 bits per heavy atom. The van der Waals surface area contributed by atoms with Crippen molar-refractivity contribution >= 4 is 38.1 Å². The van der Waals surface area contributed by atoms with Crippen LogP contribution >= 0.6 is 31.9 Å². The van der Waals surface area contributed by atoms with Gasteiger partial charge in [0.1, 0.15) is 0 Å². The fourth-order valence-electron chi connectivity index (χ4n) is 1.25. The second-order valence-corrected chi connectivity index (χ2v) is 6.63. The van der Waals surface area contributed by atoms with E-state index in [0.29, 0.717) is 0 Å². The Morgan fingerprint density at radius 3 is 2.38 bits per heavy atom. The lowest BCUT2D eigenvalue weighted by Gasteiger charge is -2.16. The average Bonchev–Trinajstić information content (AvgIpc) is 2.03. The minimum Gasteiger partial charge on any atom is -0.300 e. The maximum Gasteiger partial charge on any atom is 0.160 e. The zero-order valence-corrected chi connectivity index (χ0v) is 10.6. The van der Waals surface area contributed by atoms with Crippen LogP contribution in [0.2, 0.25) is 0 Å². The summed E-state index contributed by atoms with van der Waals surface area (Å²) in [7, 11) is 0. The van der Waals surface area contributed by atoms with E-state index in [1.165, 1.54) is 5.56 Å². The lowest BCUT2D eigenvalue weighted by atomic mass is 10.0. The second kappa shape index (κ2) is 3.93. The van der Waals surface area contributed by atoms with Crippen LogP contribution < -0.4 is 0 Å². The normalized spacial score (nSPS) is 11.4. The van der Waals surface area contributed by atoms with Gasteiger partial charge in [0.15, 0.2) is 9.52 Å². The highest BCUT2D eigenvalue weighted by atomic mass is 79.9. The predicted molar refractivity (Wildman–Crippen MR) is 61.5 cm³/mol. The first-order valence-corrected chi connectivity index (χ1v) is 5.48. The van der Waals surface area contributed by atoms with Gasteiger partial charge in [-0.05, 0) is 25.0 Å². The van der Waals surface area contributed by atoms with Gasteiger partial charge in [0, 0.05) is 0 Å². The predicted octanol–water partition coefficient (Wildman–Crippen LogP) is 3.44. The molecule has 0 aliphatic rings. The lowest BCUT2D eigenvalue weighted by Crippen LogP contribution is -2.12. The van der Waals surface area contributed by atoms with E-state index < -0.39 is 3.23 Å². The van der Waals surface area contributed by atoms with E-state index in [1.807, 2.05) is 26.0 Å². The zero-order chi connectivity index (χ0) is 10.1. The van der Waals surface area contributed by atoms with Crippen LogP contribution in [0.4, 0.5) is 0 Å². The third kappa shape index (κ3) is 2.41. The summed E-state index contributed by atoms with van der Waals surface area (Å²) in [5, 5.41) is 0. The van der Waals surface area contributed by atoms with Crippen LogP contribution in [-0.4, -0.2) is 6.29 Å². The summed E-state index contributed by atoms with van der Waals surface area (Å²) in [6.45, 7) is 4.02. The van der Waals surface area contributed by atoms with Crippen molar-refractivity contribution in [3.63, 3.8) is 0 Å². The molecular weight excluding hydrogens is 296 g/mol. The molecule has 0 unspecified atom stereocenters. The second-order valence-electron chi connectivity index (χ2n) is 3.06. The molecule has 0 saturated carbocycles. The highest BCUT2D eigenvalue weighted by Crippen LogP contribution is 2.37. The zero-order valence-electron chi connectivity index (χ0n) is 7.47. The quantitative estimate of drug-likeness (QED) is 0.604. The summed E-state index contributed by atoms with van der Waals surface area (Å²) in [6, 6.07) is 5.99. The Hall–Kier alpha value is -0.150.